The number of likely N-dealkylation sites (N-methyl/N-ethyl adjacent to an activating group) is 1. The molecule has 1 N–H and O–H groups in total. The predicted octanol–water partition coefficient (Wildman–Crippen LogP) is 2.74. The lowest BCUT2D eigenvalue weighted by atomic mass is 10.0. The minimum absolute atomic E-state index is 0.118. The van der Waals surface area contributed by atoms with E-state index in [0.717, 1.165) is 29.9 Å². The molecule has 3 amide bonds. The summed E-state index contributed by atoms with van der Waals surface area (Å²) in [5, 5.41) is 3.59. The Morgan fingerprint density at radius 3 is 2.47 bits per heavy atom. The number of rotatable bonds is 3. The lowest BCUT2D eigenvalue weighted by Gasteiger charge is -2.46. The summed E-state index contributed by atoms with van der Waals surface area (Å²) in [6.07, 6.45) is -0.464. The highest BCUT2D eigenvalue weighted by Gasteiger charge is 2.56. The number of hydrogen-bond donors (Lipinski definition) is 1. The van der Waals surface area contributed by atoms with Gasteiger partial charge in [0.1, 0.15) is 18.5 Å². The van der Waals surface area contributed by atoms with Gasteiger partial charge in [0, 0.05) is 25.8 Å². The molecule has 0 aliphatic carbocycles. The Kier molecular flexibility index (Phi) is 5.18. The maximum Gasteiger partial charge on any atom is 0.328 e. The number of amides is 3. The second kappa shape index (κ2) is 7.90. The molecule has 0 aromatic heterocycles. The van der Waals surface area contributed by atoms with Crippen molar-refractivity contribution in [2.45, 2.75) is 45.8 Å². The Labute approximate surface area is 189 Å². The highest BCUT2D eigenvalue weighted by Crippen LogP contribution is 2.34. The van der Waals surface area contributed by atoms with Gasteiger partial charge in [-0.25, -0.2) is 4.79 Å². The van der Waals surface area contributed by atoms with Gasteiger partial charge < -0.3 is 9.80 Å². The van der Waals surface area contributed by atoms with Crippen molar-refractivity contribution < 1.29 is 9.59 Å². The van der Waals surface area contributed by atoms with Crippen LogP contribution in [-0.2, 0) is 11.3 Å². The summed E-state index contributed by atoms with van der Waals surface area (Å²) in [5.74, 6) is 0.279. The molecule has 4 atom stereocenters. The number of fused-ring (bicyclic) bond motifs is 3. The Balaban J connectivity index is 1.45. The van der Waals surface area contributed by atoms with Crippen LogP contribution in [-0.4, -0.2) is 65.3 Å². The summed E-state index contributed by atoms with van der Waals surface area (Å²) < 4.78 is 0. The molecule has 2 aromatic carbocycles. The van der Waals surface area contributed by atoms with Crippen LogP contribution in [0.2, 0.25) is 0 Å². The highest BCUT2D eigenvalue weighted by atomic mass is 16.2. The van der Waals surface area contributed by atoms with Crippen molar-refractivity contribution in [2.24, 2.45) is 5.92 Å². The molecule has 3 heterocycles. The van der Waals surface area contributed by atoms with E-state index < -0.39 is 6.04 Å². The predicted molar refractivity (Wildman–Crippen MR) is 124 cm³/mol. The van der Waals surface area contributed by atoms with Gasteiger partial charge >= 0.3 is 6.03 Å². The molecule has 3 aliphatic heterocycles. The first-order valence-electron chi connectivity index (χ1n) is 11.3. The van der Waals surface area contributed by atoms with Gasteiger partial charge in [0.05, 0.1) is 6.54 Å². The number of imide groups is 1. The number of aryl methyl sites for hydroxylation is 2. The number of carbonyl (C=O) groups is 2. The summed E-state index contributed by atoms with van der Waals surface area (Å²) >= 11 is 0. The van der Waals surface area contributed by atoms with Gasteiger partial charge in [0.25, 0.3) is 5.91 Å². The van der Waals surface area contributed by atoms with Crippen molar-refractivity contribution in [2.75, 3.05) is 25.0 Å². The average molecular weight is 434 g/mol. The Bertz CT molecular complexity index is 1040. The molecule has 32 heavy (non-hydrogen) atoms. The van der Waals surface area contributed by atoms with Crippen LogP contribution in [0.3, 0.4) is 0 Å². The minimum Gasteiger partial charge on any atom is -0.343 e. The summed E-state index contributed by atoms with van der Waals surface area (Å²) in [7, 11) is 1.79. The zero-order valence-electron chi connectivity index (χ0n) is 19.2. The molecular weight excluding hydrogens is 402 g/mol. The number of benzene rings is 2. The molecule has 7 heteroatoms. The molecule has 0 bridgehead atoms. The summed E-state index contributed by atoms with van der Waals surface area (Å²) in [6.45, 7) is 8.33. The van der Waals surface area contributed by atoms with Crippen LogP contribution in [0.25, 0.3) is 0 Å². The lowest BCUT2D eigenvalue weighted by Crippen LogP contribution is -2.66. The van der Waals surface area contributed by atoms with Gasteiger partial charge in [0.15, 0.2) is 0 Å². The fourth-order valence-corrected chi connectivity index (χ4v) is 5.29. The molecule has 5 rings (SSSR count). The quantitative estimate of drug-likeness (QED) is 0.807. The third-order valence-corrected chi connectivity index (χ3v) is 6.87. The third kappa shape index (κ3) is 3.45. The van der Waals surface area contributed by atoms with Crippen LogP contribution in [0.1, 0.15) is 23.6 Å². The van der Waals surface area contributed by atoms with E-state index >= 15 is 0 Å². The maximum absolute atomic E-state index is 13.7. The van der Waals surface area contributed by atoms with E-state index in [9.17, 15) is 9.59 Å². The van der Waals surface area contributed by atoms with E-state index in [1.807, 2.05) is 31.2 Å². The molecule has 2 aromatic rings. The summed E-state index contributed by atoms with van der Waals surface area (Å²) in [4.78, 5) is 34.5. The van der Waals surface area contributed by atoms with Gasteiger partial charge in [-0.1, -0.05) is 54.4 Å². The number of hydrogen-bond acceptors (Lipinski definition) is 5. The highest BCUT2D eigenvalue weighted by molar-refractivity contribution is 6.00. The average Bonchev–Trinajstić information content (AvgIpc) is 3.15. The molecule has 3 aliphatic rings. The van der Waals surface area contributed by atoms with Crippen LogP contribution >= 0.6 is 0 Å². The van der Waals surface area contributed by atoms with Gasteiger partial charge in [-0.15, -0.1) is 0 Å². The van der Waals surface area contributed by atoms with E-state index in [4.69, 9.17) is 0 Å². The van der Waals surface area contributed by atoms with Crippen molar-refractivity contribution in [3.8, 4) is 0 Å². The standard InChI is InChI=1S/C25H31N5O2/c1-16-8-10-20(11-9-16)28-13-18(3)14-29-21-22(26-24(28)29)27(4)25(32)30(23(21)31)15-19-7-5-6-17(2)12-19/h5-12,18,21-22,24,26H,13-15H2,1-4H3. The van der Waals surface area contributed by atoms with Gasteiger partial charge in [0.2, 0.25) is 0 Å². The molecule has 3 fully saturated rings. The molecule has 0 radical (unpaired) electrons. The first-order valence-corrected chi connectivity index (χ1v) is 11.3. The Morgan fingerprint density at radius 2 is 1.75 bits per heavy atom. The van der Waals surface area contributed by atoms with Crippen molar-refractivity contribution >= 4 is 17.6 Å². The van der Waals surface area contributed by atoms with Crippen molar-refractivity contribution in [1.29, 1.82) is 0 Å². The second-order valence-electron chi connectivity index (χ2n) is 9.53. The van der Waals surface area contributed by atoms with Crippen LogP contribution < -0.4 is 10.2 Å². The fourth-order valence-electron chi connectivity index (χ4n) is 5.29. The number of anilines is 1. The Hall–Kier alpha value is -2.90. The summed E-state index contributed by atoms with van der Waals surface area (Å²) in [5.41, 5.74) is 4.43. The number of carbonyl (C=O) groups excluding carboxylic acids is 2. The van der Waals surface area contributed by atoms with E-state index in [1.165, 1.54) is 10.5 Å². The van der Waals surface area contributed by atoms with E-state index in [2.05, 4.69) is 53.2 Å². The largest absolute Gasteiger partial charge is 0.343 e. The number of urea groups is 1. The van der Waals surface area contributed by atoms with Crippen molar-refractivity contribution in [3.05, 3.63) is 65.2 Å². The van der Waals surface area contributed by atoms with Crippen molar-refractivity contribution in [1.82, 2.24) is 20.0 Å². The van der Waals surface area contributed by atoms with Gasteiger partial charge in [-0.3, -0.25) is 19.9 Å². The normalized spacial score (nSPS) is 28.2. The lowest BCUT2D eigenvalue weighted by molar-refractivity contribution is -0.139. The Morgan fingerprint density at radius 1 is 1.00 bits per heavy atom. The molecule has 0 spiro atoms. The van der Waals surface area contributed by atoms with Crippen LogP contribution in [0.4, 0.5) is 10.5 Å². The van der Waals surface area contributed by atoms with Crippen LogP contribution in [0.15, 0.2) is 48.5 Å². The molecule has 3 saturated heterocycles. The van der Waals surface area contributed by atoms with Crippen LogP contribution in [0.5, 0.6) is 0 Å². The minimum atomic E-state index is -0.400. The smallest absolute Gasteiger partial charge is 0.328 e. The zero-order valence-corrected chi connectivity index (χ0v) is 19.2. The van der Waals surface area contributed by atoms with Crippen LogP contribution in [0, 0.1) is 19.8 Å². The molecule has 7 nitrogen and oxygen atoms in total. The van der Waals surface area contributed by atoms with Crippen molar-refractivity contribution in [3.63, 3.8) is 0 Å². The van der Waals surface area contributed by atoms with E-state index in [1.54, 1.807) is 11.9 Å². The summed E-state index contributed by atoms with van der Waals surface area (Å²) in [6, 6.07) is 15.8. The molecule has 0 saturated carbocycles. The second-order valence-corrected chi connectivity index (χ2v) is 9.53. The van der Waals surface area contributed by atoms with Gasteiger partial charge in [-0.2, -0.15) is 0 Å². The van der Waals surface area contributed by atoms with Gasteiger partial charge in [-0.05, 0) is 37.5 Å². The van der Waals surface area contributed by atoms with E-state index in [-0.39, 0.29) is 24.4 Å². The monoisotopic (exact) mass is 433 g/mol. The third-order valence-electron chi connectivity index (χ3n) is 6.87. The number of nitrogens with one attached hydrogen (secondary N) is 1. The first-order chi connectivity index (χ1) is 15.3. The molecule has 168 valence electrons. The topological polar surface area (TPSA) is 59.1 Å². The SMILES string of the molecule is Cc1ccc(N2CC(C)CN3C4C(=O)N(Cc5cccc(C)c5)C(=O)N(C)C4NC23)cc1. The number of nitrogens with zero attached hydrogens (tertiary/aromatic N) is 4. The maximum atomic E-state index is 13.7. The first kappa shape index (κ1) is 21.0. The van der Waals surface area contributed by atoms with E-state index in [0.29, 0.717) is 12.5 Å². The molecule has 4 unspecified atom stereocenters. The zero-order chi connectivity index (χ0) is 22.6. The fraction of sp³-hybridized carbons (Fsp3) is 0.440. The molecular formula is C25H31N5O2.